The number of benzene rings is 8. The first-order valence-corrected chi connectivity index (χ1v) is 23.4. The van der Waals surface area contributed by atoms with Crippen LogP contribution in [0.15, 0.2) is 182 Å². The first-order chi connectivity index (χ1) is 35.2. The van der Waals surface area contributed by atoms with Gasteiger partial charge in [-0.15, -0.1) is 6.07 Å². The molecular weight excluding hydrogens is 1000 g/mol. The van der Waals surface area contributed by atoms with Crippen molar-refractivity contribution in [3.05, 3.63) is 209 Å². The zero-order valence-electron chi connectivity index (χ0n) is 42.6. The van der Waals surface area contributed by atoms with Gasteiger partial charge in [0.1, 0.15) is 0 Å². The number of hydrogen-bond donors (Lipinski definition) is 0. The molecule has 3 aliphatic rings. The third kappa shape index (κ3) is 6.07. The minimum atomic E-state index is -2.58. The van der Waals surface area contributed by atoms with Crippen molar-refractivity contribution >= 4 is 46.4 Å². The van der Waals surface area contributed by atoms with Crippen molar-refractivity contribution in [2.75, 3.05) is 9.62 Å². The van der Waals surface area contributed by atoms with Crippen LogP contribution in [0.1, 0.15) is 40.1 Å². The molecule has 0 fully saturated rings. The summed E-state index contributed by atoms with van der Waals surface area (Å²) in [4.78, 5) is 9.42. The Hall–Kier alpha value is -7.47. The summed E-state index contributed by atoms with van der Waals surface area (Å²) in [6, 6.07) is 61.0. The molecule has 324 valence electrons. The zero-order valence-corrected chi connectivity index (χ0v) is 38.9. The second kappa shape index (κ2) is 15.0. The fourth-order valence-corrected chi connectivity index (χ4v) is 11.2. The van der Waals surface area contributed by atoms with Crippen molar-refractivity contribution < 1.29 is 32.3 Å². The Morgan fingerprint density at radius 1 is 0.657 bits per heavy atom. The summed E-state index contributed by atoms with van der Waals surface area (Å²) in [5.41, 5.74) is 14.5. The Bertz CT molecular complexity index is 4030. The molecule has 67 heavy (non-hydrogen) atoms. The van der Waals surface area contributed by atoms with Crippen LogP contribution >= 0.6 is 0 Å². The van der Waals surface area contributed by atoms with E-state index in [1.807, 2.05) is 66.7 Å². The number of para-hydroxylation sites is 5. The minimum Gasteiger partial charge on any atom is -0.0615 e. The standard InChI is InChI=1S/C59H42BN5O.Pt/c1-38-31-32-42(62-37-63(51-28-11-10-27-50(51)62)57-43(39-17-6-5-7-18-39)22-15-23-44(57)40-19-14-20-41(35-40)59(2,3)4)36-54(38)66-55-34-33-48-47-25-16-24-46-45-21-8-9-26-49(45)64-52-29-12-13-30-53(52)65(58(48)61-55)60(64)56(46)47;/h5-29,31-35H,1-4H3;/q-2;/i1D3,16D,24D,25D;. The molecule has 0 spiro atoms. The molecular formula is C59H42BN5OPt-2. The molecule has 0 saturated carbocycles. The van der Waals surface area contributed by atoms with Crippen LogP contribution in [0.25, 0.3) is 66.9 Å². The number of anilines is 4. The van der Waals surface area contributed by atoms with Gasteiger partial charge in [-0.05, 0) is 11.6 Å². The number of ether oxygens (including phenoxy) is 1. The van der Waals surface area contributed by atoms with Gasteiger partial charge in [-0.2, -0.15) is 12.1 Å². The van der Waals surface area contributed by atoms with Gasteiger partial charge in [-0.3, -0.25) is 0 Å². The molecule has 0 atom stereocenters. The molecule has 8 heteroatoms. The van der Waals surface area contributed by atoms with Gasteiger partial charge in [0.05, 0.1) is 4.11 Å². The van der Waals surface area contributed by atoms with Gasteiger partial charge in [-0.1, -0.05) is 30.3 Å². The summed E-state index contributed by atoms with van der Waals surface area (Å²) in [5, 5.41) is 0. The topological polar surface area (TPSA) is 38.5 Å². The third-order valence-electron chi connectivity index (χ3n) is 13.2. The Balaban J connectivity index is 0.992. The van der Waals surface area contributed by atoms with Crippen molar-refractivity contribution in [1.29, 1.82) is 0 Å². The summed E-state index contributed by atoms with van der Waals surface area (Å²) >= 11 is 2.37. The van der Waals surface area contributed by atoms with Crippen LogP contribution in [0, 0.1) is 22.8 Å². The first-order valence-electron chi connectivity index (χ1n) is 25.3. The van der Waals surface area contributed by atoms with Crippen molar-refractivity contribution in [2.45, 2.75) is 33.0 Å². The summed E-state index contributed by atoms with van der Waals surface area (Å²) in [6.45, 7) is 3.55. The van der Waals surface area contributed by atoms with Gasteiger partial charge < -0.3 is 0 Å². The molecule has 0 aliphatic carbocycles. The van der Waals surface area contributed by atoms with Gasteiger partial charge in [-0.25, -0.2) is 0 Å². The Morgan fingerprint density at radius 3 is 2.18 bits per heavy atom. The summed E-state index contributed by atoms with van der Waals surface area (Å²) in [7, 11) is 0. The molecule has 3 aliphatic heterocycles. The third-order valence-corrected chi connectivity index (χ3v) is 14.2. The number of aromatic nitrogens is 3. The van der Waals surface area contributed by atoms with Gasteiger partial charge in [0, 0.05) is 11.3 Å². The maximum absolute atomic E-state index is 9.35. The SMILES string of the molecule is [2H]c1c([2H])c2c3c(c1[2H])-c1ccc(Oc4[c-]c(-n5[c](=[Pt])n(-c6c(-c7ccccc7)cccc6-c6cccc(C(C)(C)C)c6)c6ccccc65)ccc4C([2H])([2H])[2H])nc1N1B3N(c3ccc[c-]c31)c1ccccc1-2. The number of imidazole rings is 1. The van der Waals surface area contributed by atoms with Crippen LogP contribution in [0.2, 0.25) is 0 Å². The largest absolute Gasteiger partial charge is 0.0615 e. The average Bonchev–Trinajstić information content (AvgIpc) is 3.92. The number of fused-ring (bicyclic) bond motifs is 10. The second-order valence-electron chi connectivity index (χ2n) is 18.1. The van der Waals surface area contributed by atoms with Gasteiger partial charge in [0.25, 0.3) is 0 Å². The first kappa shape index (κ1) is 33.9. The molecule has 0 radical (unpaired) electrons. The van der Waals surface area contributed by atoms with Crippen molar-refractivity contribution in [3.63, 3.8) is 0 Å². The van der Waals surface area contributed by atoms with E-state index in [9.17, 15) is 2.74 Å². The number of hydrogen-bond acceptors (Lipinski definition) is 4. The number of pyridine rings is 1. The maximum Gasteiger partial charge on any atom is 0.0275 e. The van der Waals surface area contributed by atoms with Crippen LogP contribution in [-0.2, 0) is 24.8 Å². The van der Waals surface area contributed by atoms with E-state index in [2.05, 4.69) is 150 Å². The molecule has 5 heterocycles. The van der Waals surface area contributed by atoms with E-state index in [0.717, 1.165) is 70.9 Å². The Kier molecular flexibility index (Phi) is 7.61. The van der Waals surface area contributed by atoms with Crippen LogP contribution in [0.3, 0.4) is 0 Å². The monoisotopic (exact) mass is 1050 g/mol. The van der Waals surface area contributed by atoms with E-state index in [1.165, 1.54) is 5.56 Å². The van der Waals surface area contributed by atoms with Crippen LogP contribution in [-0.4, -0.2) is 21.1 Å². The summed E-state index contributed by atoms with van der Waals surface area (Å²) < 4.78 is 65.7. The Labute approximate surface area is 410 Å². The van der Waals surface area contributed by atoms with E-state index in [-0.39, 0.29) is 40.7 Å². The number of nitrogens with zero attached hydrogens (tertiary/aromatic N) is 5. The number of aryl methyl sites for hydroxylation is 1. The predicted octanol–water partition coefficient (Wildman–Crippen LogP) is 13.9. The zero-order chi connectivity index (χ0) is 50.2. The van der Waals surface area contributed by atoms with Gasteiger partial charge in [0.2, 0.25) is 0 Å². The van der Waals surface area contributed by atoms with E-state index in [4.69, 9.17) is 15.2 Å². The van der Waals surface area contributed by atoms with E-state index in [0.29, 0.717) is 28.2 Å². The number of rotatable bonds is 6. The second-order valence-corrected chi connectivity index (χ2v) is 19.1. The molecule has 0 bridgehead atoms. The van der Waals surface area contributed by atoms with Crippen molar-refractivity contribution in [3.8, 4) is 67.5 Å². The Morgan fingerprint density at radius 2 is 1.36 bits per heavy atom. The molecule has 0 unspecified atom stereocenters. The van der Waals surface area contributed by atoms with Crippen molar-refractivity contribution in [2.24, 2.45) is 0 Å². The molecule has 10 aromatic rings. The fraction of sp³-hybridized carbons (Fsp3) is 0.0847. The molecule has 6 nitrogen and oxygen atoms in total. The van der Waals surface area contributed by atoms with Crippen LogP contribution in [0.4, 0.5) is 22.9 Å². The molecule has 0 amide bonds. The van der Waals surface area contributed by atoms with Crippen molar-refractivity contribution in [1.82, 2.24) is 14.1 Å². The molecule has 2 aromatic heterocycles. The normalized spacial score (nSPS) is 14.6. The fourth-order valence-electron chi connectivity index (χ4n) is 10.1. The van der Waals surface area contributed by atoms with E-state index >= 15 is 0 Å². The molecule has 13 rings (SSSR count). The summed E-state index contributed by atoms with van der Waals surface area (Å²) in [6.07, 6.45) is 0. The summed E-state index contributed by atoms with van der Waals surface area (Å²) in [5.74, 6) is 0.560. The minimum absolute atomic E-state index is 0.00198. The smallest absolute Gasteiger partial charge is 0.0275 e. The van der Waals surface area contributed by atoms with Crippen LogP contribution in [0.5, 0.6) is 11.6 Å². The predicted molar refractivity (Wildman–Crippen MR) is 269 cm³/mol. The molecule has 8 aromatic carbocycles. The average molecular weight is 1050 g/mol. The van der Waals surface area contributed by atoms with Crippen LogP contribution < -0.4 is 19.8 Å². The quantitative estimate of drug-likeness (QED) is 0.123. The van der Waals surface area contributed by atoms with E-state index in [1.54, 1.807) is 18.2 Å². The van der Waals surface area contributed by atoms with Gasteiger partial charge in [0.15, 0.2) is 0 Å². The van der Waals surface area contributed by atoms with E-state index < -0.39 is 13.8 Å². The molecule has 0 N–H and O–H groups in total. The maximum atomic E-state index is 9.35. The molecule has 0 saturated heterocycles. The van der Waals surface area contributed by atoms with Gasteiger partial charge >= 0.3 is 336 Å².